The fraction of sp³-hybridized carbons (Fsp3) is 0.0909. The normalized spacial score (nSPS) is 10.6. The molecule has 0 saturated heterocycles. The first kappa shape index (κ1) is 17.9. The van der Waals surface area contributed by atoms with E-state index in [0.717, 1.165) is 28.6 Å². The number of ether oxygens (including phenoxy) is 1. The van der Waals surface area contributed by atoms with Gasteiger partial charge in [0.1, 0.15) is 23.3 Å². The van der Waals surface area contributed by atoms with Crippen molar-refractivity contribution in [3.63, 3.8) is 0 Å². The number of aromatic amines is 1. The van der Waals surface area contributed by atoms with Crippen molar-refractivity contribution in [2.24, 2.45) is 0 Å². The molecule has 0 aliphatic rings. The standard InChI is InChI=1S/C22H17ClN4O/c23-17-3-1-2-15(10-17)7-9-28-20-11-19(14-24)27-22(13-20)26-18-5-4-16-6-8-25-21(16)12-18/h1-6,8,10-13,25H,7,9H2,(H,26,27). The minimum absolute atomic E-state index is 0.295. The molecular formula is C22H17ClN4O. The van der Waals surface area contributed by atoms with Crippen molar-refractivity contribution >= 4 is 34.0 Å². The molecule has 0 fully saturated rings. The second-order valence-corrected chi connectivity index (χ2v) is 6.75. The number of anilines is 2. The molecule has 2 aromatic carbocycles. The summed E-state index contributed by atoms with van der Waals surface area (Å²) >= 11 is 6.01. The molecule has 0 saturated carbocycles. The maximum absolute atomic E-state index is 9.28. The van der Waals surface area contributed by atoms with Crippen LogP contribution >= 0.6 is 11.6 Å². The Kier molecular flexibility index (Phi) is 5.14. The minimum Gasteiger partial charge on any atom is -0.493 e. The van der Waals surface area contributed by atoms with Crippen molar-refractivity contribution in [3.8, 4) is 11.8 Å². The Morgan fingerprint density at radius 3 is 2.89 bits per heavy atom. The van der Waals surface area contributed by atoms with Crippen LogP contribution in [0.15, 0.2) is 66.9 Å². The van der Waals surface area contributed by atoms with E-state index in [4.69, 9.17) is 16.3 Å². The molecule has 0 aliphatic carbocycles. The SMILES string of the molecule is N#Cc1cc(OCCc2cccc(Cl)c2)cc(Nc2ccc3cc[nH]c3c2)n1. The fourth-order valence-electron chi connectivity index (χ4n) is 2.96. The summed E-state index contributed by atoms with van der Waals surface area (Å²) in [5.74, 6) is 1.15. The van der Waals surface area contributed by atoms with E-state index in [0.29, 0.717) is 28.9 Å². The molecule has 2 aromatic heterocycles. The summed E-state index contributed by atoms with van der Waals surface area (Å²) in [6.45, 7) is 0.475. The molecule has 0 amide bonds. The number of benzene rings is 2. The number of aromatic nitrogens is 2. The Morgan fingerprint density at radius 2 is 2.04 bits per heavy atom. The van der Waals surface area contributed by atoms with Gasteiger partial charge >= 0.3 is 0 Å². The molecule has 28 heavy (non-hydrogen) atoms. The number of rotatable bonds is 6. The third-order valence-corrected chi connectivity index (χ3v) is 4.52. The van der Waals surface area contributed by atoms with Gasteiger partial charge in [-0.15, -0.1) is 0 Å². The zero-order valence-electron chi connectivity index (χ0n) is 14.9. The molecular weight excluding hydrogens is 372 g/mol. The lowest BCUT2D eigenvalue weighted by atomic mass is 10.2. The van der Waals surface area contributed by atoms with Gasteiger partial charge in [0.25, 0.3) is 0 Å². The van der Waals surface area contributed by atoms with Crippen LogP contribution in [0, 0.1) is 11.3 Å². The van der Waals surface area contributed by atoms with E-state index in [1.165, 1.54) is 0 Å². The number of hydrogen-bond acceptors (Lipinski definition) is 4. The zero-order valence-corrected chi connectivity index (χ0v) is 15.7. The van der Waals surface area contributed by atoms with Gasteiger partial charge in [-0.2, -0.15) is 5.26 Å². The maximum atomic E-state index is 9.28. The van der Waals surface area contributed by atoms with Gasteiger partial charge in [-0.3, -0.25) is 0 Å². The molecule has 2 heterocycles. The van der Waals surface area contributed by atoms with Crippen LogP contribution in [0.3, 0.4) is 0 Å². The van der Waals surface area contributed by atoms with Gasteiger partial charge in [-0.05, 0) is 41.3 Å². The van der Waals surface area contributed by atoms with Crippen molar-refractivity contribution < 1.29 is 4.74 Å². The second-order valence-electron chi connectivity index (χ2n) is 6.32. The summed E-state index contributed by atoms with van der Waals surface area (Å²) in [6.07, 6.45) is 2.62. The maximum Gasteiger partial charge on any atom is 0.146 e. The molecule has 0 bridgehead atoms. The molecule has 5 nitrogen and oxygen atoms in total. The molecule has 4 rings (SSSR count). The molecule has 2 N–H and O–H groups in total. The van der Waals surface area contributed by atoms with Crippen LogP contribution in [0.2, 0.25) is 5.02 Å². The first-order chi connectivity index (χ1) is 13.7. The van der Waals surface area contributed by atoms with Crippen molar-refractivity contribution in [1.82, 2.24) is 9.97 Å². The van der Waals surface area contributed by atoms with Crippen LogP contribution in [-0.4, -0.2) is 16.6 Å². The topological polar surface area (TPSA) is 73.7 Å². The number of H-pyrrole nitrogens is 1. The zero-order chi connectivity index (χ0) is 19.3. The summed E-state index contributed by atoms with van der Waals surface area (Å²) in [7, 11) is 0. The average molecular weight is 389 g/mol. The van der Waals surface area contributed by atoms with E-state index in [1.54, 1.807) is 12.1 Å². The van der Waals surface area contributed by atoms with E-state index >= 15 is 0 Å². The molecule has 4 aromatic rings. The van der Waals surface area contributed by atoms with E-state index < -0.39 is 0 Å². The lowest BCUT2D eigenvalue weighted by Gasteiger charge is -2.10. The van der Waals surface area contributed by atoms with Gasteiger partial charge in [-0.25, -0.2) is 4.98 Å². The van der Waals surface area contributed by atoms with E-state index in [-0.39, 0.29) is 0 Å². The third-order valence-electron chi connectivity index (χ3n) is 4.29. The third kappa shape index (κ3) is 4.25. The Morgan fingerprint density at radius 1 is 1.11 bits per heavy atom. The van der Waals surface area contributed by atoms with E-state index in [1.807, 2.05) is 54.7 Å². The van der Waals surface area contributed by atoms with Crippen LogP contribution in [-0.2, 0) is 6.42 Å². The number of hydrogen-bond donors (Lipinski definition) is 2. The predicted octanol–water partition coefficient (Wildman–Crippen LogP) is 5.45. The number of nitrogens with one attached hydrogen (secondary N) is 2. The van der Waals surface area contributed by atoms with Crippen molar-refractivity contribution in [2.45, 2.75) is 6.42 Å². The van der Waals surface area contributed by atoms with Crippen LogP contribution < -0.4 is 10.1 Å². The Labute approximate surface area is 167 Å². The van der Waals surface area contributed by atoms with Gasteiger partial charge in [0.05, 0.1) is 6.61 Å². The van der Waals surface area contributed by atoms with E-state index in [9.17, 15) is 5.26 Å². The number of nitrogens with zero attached hydrogens (tertiary/aromatic N) is 2. The predicted molar refractivity (Wildman–Crippen MR) is 111 cm³/mol. The van der Waals surface area contributed by atoms with Crippen LogP contribution in [0.25, 0.3) is 10.9 Å². The summed E-state index contributed by atoms with van der Waals surface area (Å²) < 4.78 is 5.85. The monoisotopic (exact) mass is 388 g/mol. The lowest BCUT2D eigenvalue weighted by Crippen LogP contribution is -2.03. The first-order valence-corrected chi connectivity index (χ1v) is 9.21. The highest BCUT2D eigenvalue weighted by molar-refractivity contribution is 6.30. The van der Waals surface area contributed by atoms with Crippen molar-refractivity contribution in [3.05, 3.63) is 83.1 Å². The quantitative estimate of drug-likeness (QED) is 0.460. The molecule has 0 spiro atoms. The highest BCUT2D eigenvalue weighted by atomic mass is 35.5. The summed E-state index contributed by atoms with van der Waals surface area (Å²) in [4.78, 5) is 7.49. The summed E-state index contributed by atoms with van der Waals surface area (Å²) in [6, 6.07) is 21.2. The molecule has 0 unspecified atom stereocenters. The number of nitriles is 1. The molecule has 6 heteroatoms. The first-order valence-electron chi connectivity index (χ1n) is 8.83. The second kappa shape index (κ2) is 8.03. The number of fused-ring (bicyclic) bond motifs is 1. The summed E-state index contributed by atoms with van der Waals surface area (Å²) in [5, 5.41) is 14.4. The average Bonchev–Trinajstić information content (AvgIpc) is 3.16. The smallest absolute Gasteiger partial charge is 0.146 e. The Bertz CT molecular complexity index is 1160. The Hall–Kier alpha value is -3.49. The minimum atomic E-state index is 0.295. The molecule has 0 aliphatic heterocycles. The van der Waals surface area contributed by atoms with E-state index in [2.05, 4.69) is 21.4 Å². The van der Waals surface area contributed by atoms with Crippen molar-refractivity contribution in [1.29, 1.82) is 5.26 Å². The van der Waals surface area contributed by atoms with Crippen molar-refractivity contribution in [2.75, 3.05) is 11.9 Å². The van der Waals surface area contributed by atoms with Gasteiger partial charge < -0.3 is 15.0 Å². The largest absolute Gasteiger partial charge is 0.493 e. The van der Waals surface area contributed by atoms with Gasteiger partial charge in [0.15, 0.2) is 0 Å². The van der Waals surface area contributed by atoms with Gasteiger partial charge in [0.2, 0.25) is 0 Å². The van der Waals surface area contributed by atoms with Crippen LogP contribution in [0.5, 0.6) is 5.75 Å². The molecule has 0 radical (unpaired) electrons. The highest BCUT2D eigenvalue weighted by Crippen LogP contribution is 2.24. The Balaban J connectivity index is 1.48. The molecule has 138 valence electrons. The van der Waals surface area contributed by atoms with Crippen LogP contribution in [0.4, 0.5) is 11.5 Å². The lowest BCUT2D eigenvalue weighted by molar-refractivity contribution is 0.321. The van der Waals surface area contributed by atoms with Crippen LogP contribution in [0.1, 0.15) is 11.3 Å². The summed E-state index contributed by atoms with van der Waals surface area (Å²) in [5.41, 5.74) is 3.30. The van der Waals surface area contributed by atoms with Gasteiger partial charge in [-0.1, -0.05) is 29.8 Å². The number of halogens is 1. The fourth-order valence-corrected chi connectivity index (χ4v) is 3.18. The molecule has 0 atom stereocenters. The van der Waals surface area contributed by atoms with Gasteiger partial charge in [0, 0.05) is 41.0 Å². The number of pyridine rings is 1. The highest BCUT2D eigenvalue weighted by Gasteiger charge is 2.06.